The van der Waals surface area contributed by atoms with E-state index < -0.39 is 0 Å². The van der Waals surface area contributed by atoms with Gasteiger partial charge in [-0.15, -0.1) is 5.10 Å². The third-order valence-corrected chi connectivity index (χ3v) is 5.40. The van der Waals surface area contributed by atoms with Crippen molar-refractivity contribution in [3.63, 3.8) is 0 Å². The van der Waals surface area contributed by atoms with E-state index in [0.29, 0.717) is 35.8 Å². The second-order valence-electron chi connectivity index (χ2n) is 6.34. The first-order chi connectivity index (χ1) is 13.3. The summed E-state index contributed by atoms with van der Waals surface area (Å²) in [5.41, 5.74) is 0. The molecule has 8 nitrogen and oxygen atoms in total. The maximum Gasteiger partial charge on any atom is 0.230 e. The van der Waals surface area contributed by atoms with E-state index in [1.54, 1.807) is 7.11 Å². The Hall–Kier alpha value is -2.29. The smallest absolute Gasteiger partial charge is 0.230 e. The summed E-state index contributed by atoms with van der Waals surface area (Å²) in [6.45, 7) is 0.793. The van der Waals surface area contributed by atoms with Crippen molar-refractivity contribution in [3.05, 3.63) is 24.3 Å². The summed E-state index contributed by atoms with van der Waals surface area (Å²) in [6, 6.07) is 7.78. The number of amides is 1. The number of ether oxygens (including phenoxy) is 2. The third kappa shape index (κ3) is 5.59. The summed E-state index contributed by atoms with van der Waals surface area (Å²) >= 11 is 1.37. The van der Waals surface area contributed by atoms with Crippen LogP contribution in [0.15, 0.2) is 29.4 Å². The summed E-state index contributed by atoms with van der Waals surface area (Å²) < 4.78 is 12.7. The average molecular weight is 391 g/mol. The topological polar surface area (TPSA) is 91.2 Å². The molecule has 1 aliphatic rings. The third-order valence-electron chi connectivity index (χ3n) is 4.47. The van der Waals surface area contributed by atoms with Gasteiger partial charge in [0.25, 0.3) is 0 Å². The number of nitrogens with zero attached hydrogens (tertiary/aromatic N) is 4. The van der Waals surface area contributed by atoms with Gasteiger partial charge in [-0.2, -0.15) is 0 Å². The summed E-state index contributed by atoms with van der Waals surface area (Å²) in [5.74, 6) is 1.55. The lowest BCUT2D eigenvalue weighted by molar-refractivity contribution is -0.118. The number of tetrazole rings is 1. The highest BCUT2D eigenvalue weighted by molar-refractivity contribution is 7.99. The molecule has 0 aliphatic heterocycles. The molecule has 0 radical (unpaired) electrons. The Morgan fingerprint density at radius 2 is 2.04 bits per heavy atom. The van der Waals surface area contributed by atoms with Crippen molar-refractivity contribution in [3.8, 4) is 11.5 Å². The van der Waals surface area contributed by atoms with Crippen LogP contribution >= 0.6 is 11.8 Å². The first-order valence-electron chi connectivity index (χ1n) is 9.21. The van der Waals surface area contributed by atoms with Gasteiger partial charge in [0.2, 0.25) is 11.1 Å². The largest absolute Gasteiger partial charge is 0.493 e. The van der Waals surface area contributed by atoms with Crippen molar-refractivity contribution < 1.29 is 14.3 Å². The minimum Gasteiger partial charge on any atom is -0.493 e. The van der Waals surface area contributed by atoms with Crippen LogP contribution in [0.3, 0.4) is 0 Å². The van der Waals surface area contributed by atoms with E-state index in [9.17, 15) is 4.79 Å². The van der Waals surface area contributed by atoms with Crippen molar-refractivity contribution in [2.75, 3.05) is 26.0 Å². The molecule has 1 heterocycles. The monoisotopic (exact) mass is 391 g/mol. The van der Waals surface area contributed by atoms with Gasteiger partial charge in [0.1, 0.15) is 6.61 Å². The number of hydrogen-bond acceptors (Lipinski definition) is 7. The molecule has 0 bridgehead atoms. The number of benzene rings is 1. The number of hydrogen-bond donors (Lipinski definition) is 1. The van der Waals surface area contributed by atoms with Crippen LogP contribution < -0.4 is 14.8 Å². The molecule has 3 rings (SSSR count). The van der Waals surface area contributed by atoms with Gasteiger partial charge in [-0.05, 0) is 35.4 Å². The molecule has 0 spiro atoms. The van der Waals surface area contributed by atoms with Crippen molar-refractivity contribution >= 4 is 17.7 Å². The van der Waals surface area contributed by atoms with Gasteiger partial charge >= 0.3 is 0 Å². The van der Waals surface area contributed by atoms with Crippen LogP contribution in [0.25, 0.3) is 0 Å². The quantitative estimate of drug-likeness (QED) is 0.519. The first-order valence-corrected chi connectivity index (χ1v) is 10.2. The number of rotatable bonds is 9. The van der Waals surface area contributed by atoms with E-state index in [1.165, 1.54) is 31.0 Å². The summed E-state index contributed by atoms with van der Waals surface area (Å²) in [4.78, 5) is 12.1. The van der Waals surface area contributed by atoms with Gasteiger partial charge in [-0.1, -0.05) is 43.2 Å². The summed E-state index contributed by atoms with van der Waals surface area (Å²) in [7, 11) is 1.60. The predicted octanol–water partition coefficient (Wildman–Crippen LogP) is 2.47. The van der Waals surface area contributed by atoms with E-state index in [0.717, 1.165) is 12.8 Å². The fourth-order valence-corrected chi connectivity index (χ4v) is 3.88. The minimum absolute atomic E-state index is 0.0678. The molecule has 0 saturated heterocycles. The Morgan fingerprint density at radius 1 is 1.26 bits per heavy atom. The maximum absolute atomic E-state index is 12.1. The van der Waals surface area contributed by atoms with Crippen molar-refractivity contribution in [1.82, 2.24) is 25.5 Å². The maximum atomic E-state index is 12.1. The molecule has 1 fully saturated rings. The molecule has 1 aliphatic carbocycles. The van der Waals surface area contributed by atoms with E-state index >= 15 is 0 Å². The fraction of sp³-hybridized carbons (Fsp3) is 0.556. The molecule has 0 atom stereocenters. The fourth-order valence-electron chi connectivity index (χ4n) is 3.11. The summed E-state index contributed by atoms with van der Waals surface area (Å²) in [6.07, 6.45) is 5.90. The van der Waals surface area contributed by atoms with Crippen molar-refractivity contribution in [2.24, 2.45) is 0 Å². The van der Waals surface area contributed by atoms with E-state index in [-0.39, 0.29) is 11.7 Å². The number of carbonyl (C=O) groups excluding carboxylic acids is 1. The molecule has 1 aromatic heterocycles. The molecule has 1 N–H and O–H groups in total. The Bertz CT molecular complexity index is 733. The molecule has 0 unspecified atom stereocenters. The number of para-hydroxylation sites is 2. The molecule has 1 saturated carbocycles. The molecule has 27 heavy (non-hydrogen) atoms. The lowest BCUT2D eigenvalue weighted by Crippen LogP contribution is -2.29. The van der Waals surface area contributed by atoms with E-state index in [4.69, 9.17) is 9.47 Å². The number of carbonyl (C=O) groups is 1. The average Bonchev–Trinajstić information content (AvgIpc) is 3.19. The van der Waals surface area contributed by atoms with Gasteiger partial charge in [0.15, 0.2) is 11.5 Å². The first kappa shape index (κ1) is 19.5. The SMILES string of the molecule is COc1ccccc1OCCNC(=O)CSc1nnnn1C1CCCCC1. The number of thioether (sulfide) groups is 1. The Kier molecular flexibility index (Phi) is 7.32. The van der Waals surface area contributed by atoms with Crippen LogP contribution in [-0.2, 0) is 4.79 Å². The molecular formula is C18H25N5O3S. The Labute approximate surface area is 163 Å². The Morgan fingerprint density at radius 3 is 2.81 bits per heavy atom. The molecule has 1 amide bonds. The van der Waals surface area contributed by atoms with Crippen molar-refractivity contribution in [2.45, 2.75) is 43.3 Å². The number of methoxy groups -OCH3 is 1. The van der Waals surface area contributed by atoms with Gasteiger partial charge in [0, 0.05) is 0 Å². The second-order valence-corrected chi connectivity index (χ2v) is 7.28. The van der Waals surface area contributed by atoms with Gasteiger partial charge in [-0.25, -0.2) is 4.68 Å². The molecule has 2 aromatic rings. The van der Waals surface area contributed by atoms with E-state index in [1.807, 2.05) is 28.9 Å². The van der Waals surface area contributed by atoms with Crippen molar-refractivity contribution in [1.29, 1.82) is 0 Å². The summed E-state index contributed by atoms with van der Waals surface area (Å²) in [5, 5.41) is 15.5. The highest BCUT2D eigenvalue weighted by Crippen LogP contribution is 2.30. The molecule has 146 valence electrons. The standard InChI is InChI=1S/C18H25N5O3S/c1-25-15-9-5-6-10-16(15)26-12-11-19-17(24)13-27-18-20-21-22-23(18)14-7-3-2-4-8-14/h5-6,9-10,14H,2-4,7-8,11-13H2,1H3,(H,19,24). The van der Waals surface area contributed by atoms with E-state index in [2.05, 4.69) is 20.8 Å². The van der Waals surface area contributed by atoms with Gasteiger partial charge in [-0.3, -0.25) is 4.79 Å². The predicted molar refractivity (Wildman–Crippen MR) is 102 cm³/mol. The van der Waals surface area contributed by atoms with Gasteiger partial charge in [0.05, 0.1) is 25.4 Å². The van der Waals surface area contributed by atoms with Crippen LogP contribution in [0.1, 0.15) is 38.1 Å². The van der Waals surface area contributed by atoms with Crippen LogP contribution in [0.2, 0.25) is 0 Å². The van der Waals surface area contributed by atoms with Gasteiger partial charge < -0.3 is 14.8 Å². The zero-order valence-corrected chi connectivity index (χ0v) is 16.3. The lowest BCUT2D eigenvalue weighted by Gasteiger charge is -2.21. The highest BCUT2D eigenvalue weighted by Gasteiger charge is 2.20. The Balaban J connectivity index is 1.38. The zero-order chi connectivity index (χ0) is 18.9. The normalized spacial score (nSPS) is 14.7. The number of nitrogens with one attached hydrogen (secondary N) is 1. The molecule has 1 aromatic carbocycles. The second kappa shape index (κ2) is 10.1. The van der Waals surface area contributed by atoms with Crippen LogP contribution in [0.4, 0.5) is 0 Å². The molecular weight excluding hydrogens is 366 g/mol. The minimum atomic E-state index is -0.0678. The number of aromatic nitrogens is 4. The zero-order valence-electron chi connectivity index (χ0n) is 15.5. The van der Waals surface area contributed by atoms with Crippen LogP contribution in [0, 0.1) is 0 Å². The lowest BCUT2D eigenvalue weighted by atomic mass is 9.96. The van der Waals surface area contributed by atoms with Crippen LogP contribution in [-0.4, -0.2) is 52.1 Å². The van der Waals surface area contributed by atoms with Crippen LogP contribution in [0.5, 0.6) is 11.5 Å². The molecule has 9 heteroatoms. The highest BCUT2D eigenvalue weighted by atomic mass is 32.2.